The fourth-order valence-corrected chi connectivity index (χ4v) is 2.67. The van der Waals surface area contributed by atoms with Gasteiger partial charge in [-0.1, -0.05) is 0 Å². The molecule has 2 aromatic rings. The summed E-state index contributed by atoms with van der Waals surface area (Å²) in [6.07, 6.45) is 1.00. The van der Waals surface area contributed by atoms with Crippen molar-refractivity contribution in [1.82, 2.24) is 4.90 Å². The molecular weight excluding hydrogens is 316 g/mol. The first-order valence-electron chi connectivity index (χ1n) is 7.73. The van der Waals surface area contributed by atoms with E-state index in [2.05, 4.69) is 0 Å². The van der Waals surface area contributed by atoms with E-state index >= 15 is 0 Å². The number of piperidine rings is 1. The molecule has 0 aromatic heterocycles. The monoisotopic (exact) mass is 333 g/mol. The third kappa shape index (κ3) is 3.71. The van der Waals surface area contributed by atoms with E-state index in [1.807, 2.05) is 0 Å². The van der Waals surface area contributed by atoms with Crippen molar-refractivity contribution in [2.45, 2.75) is 18.9 Å². The third-order valence-corrected chi connectivity index (χ3v) is 3.91. The van der Waals surface area contributed by atoms with Crippen LogP contribution in [-0.2, 0) is 0 Å². The van der Waals surface area contributed by atoms with Gasteiger partial charge in [-0.05, 0) is 49.2 Å². The second kappa shape index (κ2) is 6.97. The van der Waals surface area contributed by atoms with Crippen LogP contribution in [0.15, 0.2) is 42.5 Å². The number of ether oxygens (including phenoxy) is 1. The van der Waals surface area contributed by atoms with E-state index < -0.39 is 17.7 Å². The number of carbonyl (C=O) groups excluding carboxylic acids is 1. The number of likely N-dealkylation sites (tertiary alicyclic amines) is 1. The minimum Gasteiger partial charge on any atom is -0.454 e. The maximum absolute atomic E-state index is 13.6. The summed E-state index contributed by atoms with van der Waals surface area (Å²) < 4.78 is 31.8. The second-order valence-corrected chi connectivity index (χ2v) is 5.75. The lowest BCUT2D eigenvalue weighted by Crippen LogP contribution is -2.42. The van der Waals surface area contributed by atoms with Gasteiger partial charge in [0.15, 0.2) is 11.6 Å². The molecule has 2 aromatic carbocycles. The summed E-state index contributed by atoms with van der Waals surface area (Å²) in [6, 6.07) is 9.33. The number of rotatable bonds is 3. The van der Waals surface area contributed by atoms with Gasteiger partial charge < -0.3 is 14.7 Å². The first kappa shape index (κ1) is 16.4. The van der Waals surface area contributed by atoms with Crippen LogP contribution < -0.4 is 4.74 Å². The van der Waals surface area contributed by atoms with Crippen LogP contribution in [0.4, 0.5) is 8.78 Å². The molecule has 1 aliphatic heterocycles. The zero-order chi connectivity index (χ0) is 17.1. The Morgan fingerprint density at radius 2 is 1.92 bits per heavy atom. The van der Waals surface area contributed by atoms with Gasteiger partial charge in [-0.15, -0.1) is 0 Å². The topological polar surface area (TPSA) is 49.8 Å². The predicted octanol–water partition coefficient (Wildman–Crippen LogP) is 3.35. The lowest BCUT2D eigenvalue weighted by atomic mass is 10.1. The van der Waals surface area contributed by atoms with Gasteiger partial charge in [0.25, 0.3) is 5.91 Å². The number of aliphatic hydroxyl groups is 1. The standard InChI is InChI=1S/C18H17F2NO3/c19-13-5-8-17(16(20)10-13)24-15-6-3-12(4-7-15)18(23)21-9-1-2-14(22)11-21/h3-8,10,14,22H,1-2,9,11H2/t14-/m0/s1. The molecule has 1 amide bonds. The third-order valence-electron chi connectivity index (χ3n) is 3.91. The molecule has 4 nitrogen and oxygen atoms in total. The molecule has 126 valence electrons. The zero-order valence-electron chi connectivity index (χ0n) is 12.9. The van der Waals surface area contributed by atoms with Crippen molar-refractivity contribution in [2.75, 3.05) is 13.1 Å². The van der Waals surface area contributed by atoms with Crippen LogP contribution in [0.25, 0.3) is 0 Å². The second-order valence-electron chi connectivity index (χ2n) is 5.75. The first-order valence-corrected chi connectivity index (χ1v) is 7.73. The average Bonchev–Trinajstić information content (AvgIpc) is 2.57. The maximum Gasteiger partial charge on any atom is 0.253 e. The predicted molar refractivity (Wildman–Crippen MR) is 84.0 cm³/mol. The van der Waals surface area contributed by atoms with Gasteiger partial charge in [-0.3, -0.25) is 4.79 Å². The number of hydrogen-bond acceptors (Lipinski definition) is 3. The highest BCUT2D eigenvalue weighted by Gasteiger charge is 2.23. The van der Waals surface area contributed by atoms with Crippen LogP contribution in [0, 0.1) is 11.6 Å². The molecule has 1 N–H and O–H groups in total. The molecule has 0 saturated carbocycles. The molecule has 1 saturated heterocycles. The average molecular weight is 333 g/mol. The van der Waals surface area contributed by atoms with Crippen LogP contribution in [0.5, 0.6) is 11.5 Å². The number of hydrogen-bond donors (Lipinski definition) is 1. The highest BCUT2D eigenvalue weighted by molar-refractivity contribution is 5.94. The van der Waals surface area contributed by atoms with E-state index in [1.54, 1.807) is 29.2 Å². The lowest BCUT2D eigenvalue weighted by molar-refractivity contribution is 0.0473. The van der Waals surface area contributed by atoms with Gasteiger partial charge in [0.1, 0.15) is 11.6 Å². The normalized spacial score (nSPS) is 17.6. The van der Waals surface area contributed by atoms with Crippen LogP contribution in [0.3, 0.4) is 0 Å². The van der Waals surface area contributed by atoms with Crippen molar-refractivity contribution in [3.05, 3.63) is 59.7 Å². The van der Waals surface area contributed by atoms with Crippen molar-refractivity contribution in [2.24, 2.45) is 0 Å². The molecule has 1 fully saturated rings. The largest absolute Gasteiger partial charge is 0.454 e. The first-order chi connectivity index (χ1) is 11.5. The molecule has 3 rings (SSSR count). The minimum absolute atomic E-state index is 0.0883. The van der Waals surface area contributed by atoms with Crippen molar-refractivity contribution in [3.8, 4) is 11.5 Å². The number of β-amino-alcohol motifs (C(OH)–C–C–N with tert-alkyl or cyclic N) is 1. The highest BCUT2D eigenvalue weighted by Crippen LogP contribution is 2.25. The van der Waals surface area contributed by atoms with Gasteiger partial charge in [-0.25, -0.2) is 8.78 Å². The Kier molecular flexibility index (Phi) is 4.76. The van der Waals surface area contributed by atoms with Gasteiger partial charge in [-0.2, -0.15) is 0 Å². The molecule has 0 radical (unpaired) electrons. The van der Waals surface area contributed by atoms with Crippen molar-refractivity contribution < 1.29 is 23.4 Å². The van der Waals surface area contributed by atoms with Crippen LogP contribution in [0.1, 0.15) is 23.2 Å². The quantitative estimate of drug-likeness (QED) is 0.937. The Morgan fingerprint density at radius 3 is 2.58 bits per heavy atom. The molecule has 1 heterocycles. The van der Waals surface area contributed by atoms with E-state index in [0.717, 1.165) is 18.6 Å². The van der Waals surface area contributed by atoms with Crippen LogP contribution in [-0.4, -0.2) is 35.1 Å². The van der Waals surface area contributed by atoms with Crippen molar-refractivity contribution in [1.29, 1.82) is 0 Å². The zero-order valence-corrected chi connectivity index (χ0v) is 12.9. The summed E-state index contributed by atoms with van der Waals surface area (Å²) >= 11 is 0. The number of aliphatic hydroxyl groups excluding tert-OH is 1. The molecule has 0 bridgehead atoms. The number of benzene rings is 2. The summed E-state index contributed by atoms with van der Waals surface area (Å²) in [5.41, 5.74) is 0.469. The maximum atomic E-state index is 13.6. The SMILES string of the molecule is O=C(c1ccc(Oc2ccc(F)cc2F)cc1)N1CCC[C@H](O)C1. The smallest absolute Gasteiger partial charge is 0.253 e. The summed E-state index contributed by atoms with van der Waals surface area (Å²) in [5.74, 6) is -1.37. The lowest BCUT2D eigenvalue weighted by Gasteiger charge is -2.30. The Morgan fingerprint density at radius 1 is 1.17 bits per heavy atom. The summed E-state index contributed by atoms with van der Waals surface area (Å²) in [6.45, 7) is 0.951. The summed E-state index contributed by atoms with van der Waals surface area (Å²) in [4.78, 5) is 14.0. The molecule has 6 heteroatoms. The molecule has 1 aliphatic rings. The van der Waals surface area contributed by atoms with E-state index in [0.29, 0.717) is 30.8 Å². The van der Waals surface area contributed by atoms with Crippen molar-refractivity contribution >= 4 is 5.91 Å². The van der Waals surface area contributed by atoms with E-state index in [9.17, 15) is 18.7 Å². The van der Waals surface area contributed by atoms with E-state index in [-0.39, 0.29) is 11.7 Å². The number of amides is 1. The van der Waals surface area contributed by atoms with Crippen molar-refractivity contribution in [3.63, 3.8) is 0 Å². The van der Waals surface area contributed by atoms with Gasteiger partial charge in [0, 0.05) is 24.7 Å². The molecular formula is C18H17F2NO3. The van der Waals surface area contributed by atoms with E-state index in [4.69, 9.17) is 4.74 Å². The van der Waals surface area contributed by atoms with E-state index in [1.165, 1.54) is 6.07 Å². The van der Waals surface area contributed by atoms with Gasteiger partial charge >= 0.3 is 0 Å². The Balaban J connectivity index is 1.69. The van der Waals surface area contributed by atoms with Crippen LogP contribution >= 0.6 is 0 Å². The summed E-state index contributed by atoms with van der Waals surface area (Å²) in [5, 5.41) is 9.65. The molecule has 24 heavy (non-hydrogen) atoms. The minimum atomic E-state index is -0.794. The molecule has 0 aliphatic carbocycles. The molecule has 0 spiro atoms. The number of nitrogens with zero attached hydrogens (tertiary/aromatic N) is 1. The Labute approximate surface area is 138 Å². The number of carbonyl (C=O) groups is 1. The summed E-state index contributed by atoms with van der Waals surface area (Å²) in [7, 11) is 0. The fraction of sp³-hybridized carbons (Fsp3) is 0.278. The molecule has 0 unspecified atom stereocenters. The van der Waals surface area contributed by atoms with Gasteiger partial charge in [0.2, 0.25) is 0 Å². The Bertz CT molecular complexity index is 734. The highest BCUT2D eigenvalue weighted by atomic mass is 19.1. The fourth-order valence-electron chi connectivity index (χ4n) is 2.67. The van der Waals surface area contributed by atoms with Gasteiger partial charge in [0.05, 0.1) is 6.10 Å². The van der Waals surface area contributed by atoms with Crippen LogP contribution in [0.2, 0.25) is 0 Å². The molecule has 1 atom stereocenters. The number of halogens is 2. The Hall–Kier alpha value is -2.47.